The molecule has 1 aliphatic rings. The number of hydrogen-bond donors (Lipinski definition) is 1. The smallest absolute Gasteiger partial charge is 0.0967 e. The van der Waals surface area contributed by atoms with Crippen LogP contribution in [0.15, 0.2) is 65.7 Å². The van der Waals surface area contributed by atoms with Crippen LogP contribution in [0.3, 0.4) is 0 Å². The SMILES string of the molecule is Cl.c1ccc(CC(NC2=NCCCCC2)c2ccccc2)cc1. The average Bonchev–Trinajstić information content (AvgIpc) is 2.85. The van der Waals surface area contributed by atoms with Gasteiger partial charge in [-0.15, -0.1) is 12.4 Å². The van der Waals surface area contributed by atoms with Crippen molar-refractivity contribution in [3.63, 3.8) is 0 Å². The second-order valence-corrected chi connectivity index (χ2v) is 5.94. The zero-order valence-electron chi connectivity index (χ0n) is 13.4. The summed E-state index contributed by atoms with van der Waals surface area (Å²) < 4.78 is 0. The molecular weight excluding hydrogens is 304 g/mol. The molecule has 1 aliphatic heterocycles. The highest BCUT2D eigenvalue weighted by molar-refractivity contribution is 5.85. The molecule has 0 spiro atoms. The molecule has 0 fully saturated rings. The molecule has 0 saturated heterocycles. The van der Waals surface area contributed by atoms with E-state index in [-0.39, 0.29) is 12.4 Å². The summed E-state index contributed by atoms with van der Waals surface area (Å²) in [5.41, 5.74) is 2.69. The predicted octanol–water partition coefficient (Wildman–Crippen LogP) is 4.95. The molecular formula is C20H25ClN2. The number of aliphatic imine (C=N–C) groups is 1. The van der Waals surface area contributed by atoms with Gasteiger partial charge in [-0.2, -0.15) is 0 Å². The van der Waals surface area contributed by atoms with E-state index in [1.807, 2.05) is 0 Å². The van der Waals surface area contributed by atoms with Gasteiger partial charge < -0.3 is 5.32 Å². The Morgan fingerprint density at radius 2 is 1.57 bits per heavy atom. The molecule has 0 bridgehead atoms. The molecule has 0 saturated carbocycles. The van der Waals surface area contributed by atoms with Gasteiger partial charge in [0.15, 0.2) is 0 Å². The van der Waals surface area contributed by atoms with Crippen molar-refractivity contribution >= 4 is 18.2 Å². The molecule has 0 aliphatic carbocycles. The van der Waals surface area contributed by atoms with Crippen LogP contribution in [0.1, 0.15) is 42.9 Å². The van der Waals surface area contributed by atoms with E-state index in [2.05, 4.69) is 66.0 Å². The van der Waals surface area contributed by atoms with E-state index in [0.29, 0.717) is 6.04 Å². The first-order chi connectivity index (χ1) is 10.9. The molecule has 0 radical (unpaired) electrons. The number of nitrogens with one attached hydrogen (secondary N) is 1. The van der Waals surface area contributed by atoms with E-state index in [9.17, 15) is 0 Å². The van der Waals surface area contributed by atoms with Crippen LogP contribution in [0.5, 0.6) is 0 Å². The fraction of sp³-hybridized carbons (Fsp3) is 0.350. The lowest BCUT2D eigenvalue weighted by Crippen LogP contribution is -2.30. The molecule has 2 aromatic rings. The number of nitrogens with zero attached hydrogens (tertiary/aromatic N) is 1. The number of rotatable bonds is 4. The van der Waals surface area contributed by atoms with Gasteiger partial charge >= 0.3 is 0 Å². The largest absolute Gasteiger partial charge is 0.367 e. The highest BCUT2D eigenvalue weighted by Crippen LogP contribution is 2.19. The highest BCUT2D eigenvalue weighted by Gasteiger charge is 2.14. The summed E-state index contributed by atoms with van der Waals surface area (Å²) in [7, 11) is 0. The maximum atomic E-state index is 4.74. The van der Waals surface area contributed by atoms with Crippen molar-refractivity contribution < 1.29 is 0 Å². The summed E-state index contributed by atoms with van der Waals surface area (Å²) in [5.74, 6) is 1.18. The first-order valence-corrected chi connectivity index (χ1v) is 8.30. The normalized spacial score (nSPS) is 15.7. The fourth-order valence-corrected chi connectivity index (χ4v) is 2.98. The lowest BCUT2D eigenvalue weighted by atomic mass is 9.98. The first kappa shape index (κ1) is 17.6. The zero-order chi connectivity index (χ0) is 15.0. The Kier molecular flexibility index (Phi) is 7.15. The maximum Gasteiger partial charge on any atom is 0.0967 e. The Balaban J connectivity index is 0.00000192. The topological polar surface area (TPSA) is 24.4 Å². The van der Waals surface area contributed by atoms with E-state index in [4.69, 9.17) is 4.99 Å². The van der Waals surface area contributed by atoms with Crippen LogP contribution in [0.4, 0.5) is 0 Å². The molecule has 2 aromatic carbocycles. The van der Waals surface area contributed by atoms with Gasteiger partial charge in [0.1, 0.15) is 0 Å². The minimum absolute atomic E-state index is 0. The van der Waals surface area contributed by atoms with Crippen molar-refractivity contribution in [2.75, 3.05) is 6.54 Å². The summed E-state index contributed by atoms with van der Waals surface area (Å²) in [6.07, 6.45) is 5.84. The van der Waals surface area contributed by atoms with Gasteiger partial charge in [-0.3, -0.25) is 4.99 Å². The number of halogens is 1. The Morgan fingerprint density at radius 1 is 0.870 bits per heavy atom. The molecule has 1 unspecified atom stereocenters. The van der Waals surface area contributed by atoms with Crippen molar-refractivity contribution in [3.05, 3.63) is 71.8 Å². The van der Waals surface area contributed by atoms with Gasteiger partial charge in [0.05, 0.1) is 11.9 Å². The third-order valence-electron chi connectivity index (χ3n) is 4.20. The summed E-state index contributed by atoms with van der Waals surface area (Å²) >= 11 is 0. The monoisotopic (exact) mass is 328 g/mol. The van der Waals surface area contributed by atoms with Crippen LogP contribution in [0.2, 0.25) is 0 Å². The molecule has 0 amide bonds. The summed E-state index contributed by atoms with van der Waals surface area (Å²) in [5, 5.41) is 3.71. The minimum Gasteiger partial charge on any atom is -0.367 e. The van der Waals surface area contributed by atoms with Crippen molar-refractivity contribution in [1.29, 1.82) is 0 Å². The molecule has 23 heavy (non-hydrogen) atoms. The third kappa shape index (κ3) is 5.40. The molecule has 0 aromatic heterocycles. The van der Waals surface area contributed by atoms with Crippen LogP contribution in [0, 0.1) is 0 Å². The summed E-state index contributed by atoms with van der Waals surface area (Å²) in [6.45, 7) is 0.967. The van der Waals surface area contributed by atoms with Gasteiger partial charge in [-0.05, 0) is 30.4 Å². The quantitative estimate of drug-likeness (QED) is 0.843. The highest BCUT2D eigenvalue weighted by atomic mass is 35.5. The molecule has 122 valence electrons. The standard InChI is InChI=1S/C20H24N2.ClH/c1-4-10-17(11-5-1)16-19(18-12-6-2-7-13-18)22-20-14-8-3-9-15-21-20;/h1-2,4-7,10-13,19H,3,8-9,14-16H2,(H,21,22);1H. The minimum atomic E-state index is 0. The molecule has 1 atom stereocenters. The first-order valence-electron chi connectivity index (χ1n) is 8.30. The van der Waals surface area contributed by atoms with Gasteiger partial charge in [0.25, 0.3) is 0 Å². The third-order valence-corrected chi connectivity index (χ3v) is 4.20. The van der Waals surface area contributed by atoms with Crippen LogP contribution < -0.4 is 5.32 Å². The van der Waals surface area contributed by atoms with Crippen LogP contribution >= 0.6 is 12.4 Å². The van der Waals surface area contributed by atoms with Crippen LogP contribution in [0.25, 0.3) is 0 Å². The van der Waals surface area contributed by atoms with E-state index >= 15 is 0 Å². The zero-order valence-corrected chi connectivity index (χ0v) is 14.3. The van der Waals surface area contributed by atoms with E-state index in [0.717, 1.165) is 19.4 Å². The van der Waals surface area contributed by atoms with Crippen LogP contribution in [-0.4, -0.2) is 12.4 Å². The van der Waals surface area contributed by atoms with E-state index < -0.39 is 0 Å². The second kappa shape index (κ2) is 9.36. The van der Waals surface area contributed by atoms with Crippen molar-refractivity contribution in [2.45, 2.75) is 38.1 Å². The Morgan fingerprint density at radius 3 is 2.30 bits per heavy atom. The van der Waals surface area contributed by atoms with Gasteiger partial charge in [0, 0.05) is 13.0 Å². The van der Waals surface area contributed by atoms with Crippen molar-refractivity contribution in [1.82, 2.24) is 5.32 Å². The fourth-order valence-electron chi connectivity index (χ4n) is 2.98. The van der Waals surface area contributed by atoms with E-state index in [1.54, 1.807) is 0 Å². The van der Waals surface area contributed by atoms with Gasteiger partial charge in [-0.25, -0.2) is 0 Å². The number of amidine groups is 1. The number of hydrogen-bond acceptors (Lipinski definition) is 2. The lowest BCUT2D eigenvalue weighted by molar-refractivity contribution is 0.632. The van der Waals surface area contributed by atoms with Gasteiger partial charge in [-0.1, -0.05) is 67.1 Å². The molecule has 3 rings (SSSR count). The summed E-state index contributed by atoms with van der Waals surface area (Å²) in [6, 6.07) is 21.7. The number of benzene rings is 2. The Labute approximate surface area is 145 Å². The summed E-state index contributed by atoms with van der Waals surface area (Å²) in [4.78, 5) is 4.74. The predicted molar refractivity (Wildman–Crippen MR) is 100 cm³/mol. The lowest BCUT2D eigenvalue weighted by Gasteiger charge is -2.21. The Bertz CT molecular complexity index is 596. The van der Waals surface area contributed by atoms with Gasteiger partial charge in [0.2, 0.25) is 0 Å². The molecule has 2 nitrogen and oxygen atoms in total. The van der Waals surface area contributed by atoms with Crippen molar-refractivity contribution in [2.24, 2.45) is 4.99 Å². The molecule has 3 heteroatoms. The van der Waals surface area contributed by atoms with E-state index in [1.165, 1.54) is 36.2 Å². The second-order valence-electron chi connectivity index (χ2n) is 5.94. The van der Waals surface area contributed by atoms with Crippen molar-refractivity contribution in [3.8, 4) is 0 Å². The maximum absolute atomic E-state index is 4.74. The average molecular weight is 329 g/mol. The molecule has 1 N–H and O–H groups in total. The van der Waals surface area contributed by atoms with Crippen LogP contribution in [-0.2, 0) is 6.42 Å². The Hall–Kier alpha value is -1.80. The molecule has 1 heterocycles.